The summed E-state index contributed by atoms with van der Waals surface area (Å²) in [6.45, 7) is 3.01. The molecule has 1 saturated heterocycles. The smallest absolute Gasteiger partial charge is 0.226 e. The molecular weight excluding hydrogens is 331 g/mol. The molecular formula is C21H23FN2O2. The Labute approximate surface area is 153 Å². The second-order valence-corrected chi connectivity index (χ2v) is 6.98. The molecule has 2 fully saturated rings. The zero-order valence-electron chi connectivity index (χ0n) is 14.9. The Balaban J connectivity index is 1.35. The third-order valence-electron chi connectivity index (χ3n) is 5.42. The maximum Gasteiger partial charge on any atom is 0.226 e. The third kappa shape index (κ3) is 3.26. The monoisotopic (exact) mass is 354 g/mol. The number of methoxy groups -OCH3 is 1. The molecule has 5 heteroatoms. The van der Waals surface area contributed by atoms with Crippen molar-refractivity contribution in [3.63, 3.8) is 0 Å². The van der Waals surface area contributed by atoms with Crippen LogP contribution in [0, 0.1) is 11.7 Å². The Morgan fingerprint density at radius 2 is 1.85 bits per heavy atom. The summed E-state index contributed by atoms with van der Waals surface area (Å²) in [4.78, 5) is 17.0. The molecule has 1 heterocycles. The van der Waals surface area contributed by atoms with Crippen LogP contribution in [0.25, 0.3) is 0 Å². The van der Waals surface area contributed by atoms with Gasteiger partial charge in [-0.3, -0.25) is 4.79 Å². The highest BCUT2D eigenvalue weighted by atomic mass is 19.1. The van der Waals surface area contributed by atoms with E-state index in [1.54, 1.807) is 19.2 Å². The largest absolute Gasteiger partial charge is 0.497 e. The topological polar surface area (TPSA) is 32.8 Å². The Morgan fingerprint density at radius 1 is 1.08 bits per heavy atom. The van der Waals surface area contributed by atoms with Crippen LogP contribution in [-0.2, 0) is 4.79 Å². The quantitative estimate of drug-likeness (QED) is 0.845. The lowest BCUT2D eigenvalue weighted by molar-refractivity contribution is -0.132. The van der Waals surface area contributed by atoms with Crippen molar-refractivity contribution in [3.05, 3.63) is 59.9 Å². The van der Waals surface area contributed by atoms with Gasteiger partial charge in [-0.05, 0) is 36.1 Å². The van der Waals surface area contributed by atoms with Gasteiger partial charge in [0.2, 0.25) is 5.91 Å². The summed E-state index contributed by atoms with van der Waals surface area (Å²) in [5.41, 5.74) is 1.80. The predicted molar refractivity (Wildman–Crippen MR) is 99.0 cm³/mol. The second kappa shape index (κ2) is 6.98. The molecule has 0 N–H and O–H groups in total. The molecule has 1 aliphatic heterocycles. The van der Waals surface area contributed by atoms with Gasteiger partial charge < -0.3 is 14.5 Å². The maximum absolute atomic E-state index is 13.9. The number of benzene rings is 2. The summed E-state index contributed by atoms with van der Waals surface area (Å²) in [5.74, 6) is 0.793. The fourth-order valence-corrected chi connectivity index (χ4v) is 3.81. The Hall–Kier alpha value is -2.56. The molecule has 26 heavy (non-hydrogen) atoms. The summed E-state index contributed by atoms with van der Waals surface area (Å²) in [5, 5.41) is 0. The summed E-state index contributed by atoms with van der Waals surface area (Å²) < 4.78 is 19.2. The number of anilines is 1. The molecule has 1 aliphatic carbocycles. The molecule has 4 nitrogen and oxygen atoms in total. The van der Waals surface area contributed by atoms with E-state index in [9.17, 15) is 9.18 Å². The number of nitrogens with zero attached hydrogens (tertiary/aromatic N) is 2. The van der Waals surface area contributed by atoms with Gasteiger partial charge in [-0.15, -0.1) is 0 Å². The highest BCUT2D eigenvalue weighted by Crippen LogP contribution is 2.49. The number of carbonyl (C=O) groups excluding carboxylic acids is 1. The van der Waals surface area contributed by atoms with Crippen molar-refractivity contribution in [1.29, 1.82) is 0 Å². The molecule has 2 atom stereocenters. The first kappa shape index (κ1) is 16.9. The summed E-state index contributed by atoms with van der Waals surface area (Å²) in [7, 11) is 1.66. The number of carbonyl (C=O) groups is 1. The lowest BCUT2D eigenvalue weighted by atomic mass is 10.1. The molecule has 1 saturated carbocycles. The van der Waals surface area contributed by atoms with Crippen molar-refractivity contribution in [1.82, 2.24) is 4.90 Å². The van der Waals surface area contributed by atoms with Gasteiger partial charge in [0.1, 0.15) is 11.6 Å². The molecule has 0 radical (unpaired) electrons. The molecule has 1 amide bonds. The van der Waals surface area contributed by atoms with E-state index < -0.39 is 0 Å². The van der Waals surface area contributed by atoms with Crippen LogP contribution in [0.3, 0.4) is 0 Å². The van der Waals surface area contributed by atoms with Gasteiger partial charge in [-0.1, -0.05) is 24.3 Å². The standard InChI is InChI=1S/C21H23FN2O2/c1-26-16-6-4-5-15(13-16)23-9-11-24(12-10-23)21(25)19-14-18(19)17-7-2-3-8-20(17)22/h2-8,13,18-19H,9-12,14H2,1H3. The van der Waals surface area contributed by atoms with Crippen LogP contribution in [0.2, 0.25) is 0 Å². The van der Waals surface area contributed by atoms with Crippen LogP contribution in [0.4, 0.5) is 10.1 Å². The van der Waals surface area contributed by atoms with E-state index in [2.05, 4.69) is 11.0 Å². The van der Waals surface area contributed by atoms with E-state index in [-0.39, 0.29) is 23.6 Å². The summed E-state index contributed by atoms with van der Waals surface area (Å²) >= 11 is 0. The van der Waals surface area contributed by atoms with Gasteiger partial charge in [-0.25, -0.2) is 4.39 Å². The number of amides is 1. The minimum absolute atomic E-state index is 0.0418. The van der Waals surface area contributed by atoms with Crippen LogP contribution < -0.4 is 9.64 Å². The minimum atomic E-state index is -0.198. The Bertz CT molecular complexity index is 802. The molecule has 2 aromatic rings. The van der Waals surface area contributed by atoms with Gasteiger partial charge >= 0.3 is 0 Å². The number of rotatable bonds is 4. The van der Waals surface area contributed by atoms with Crippen LogP contribution in [0.1, 0.15) is 17.9 Å². The van der Waals surface area contributed by atoms with Gasteiger partial charge in [0.25, 0.3) is 0 Å². The summed E-state index contributed by atoms with van der Waals surface area (Å²) in [6, 6.07) is 14.8. The maximum atomic E-state index is 13.9. The second-order valence-electron chi connectivity index (χ2n) is 6.98. The predicted octanol–water partition coefficient (Wildman–Crippen LogP) is 3.29. The number of hydrogen-bond acceptors (Lipinski definition) is 3. The first-order chi connectivity index (χ1) is 12.7. The average molecular weight is 354 g/mol. The van der Waals surface area contributed by atoms with Crippen molar-refractivity contribution >= 4 is 11.6 Å². The van der Waals surface area contributed by atoms with Crippen molar-refractivity contribution in [2.45, 2.75) is 12.3 Å². The highest BCUT2D eigenvalue weighted by Gasteiger charge is 2.47. The zero-order chi connectivity index (χ0) is 18.1. The first-order valence-electron chi connectivity index (χ1n) is 9.09. The molecule has 136 valence electrons. The van der Waals surface area contributed by atoms with Gasteiger partial charge in [-0.2, -0.15) is 0 Å². The van der Waals surface area contributed by atoms with Gasteiger partial charge in [0.05, 0.1) is 7.11 Å². The normalized spacial score (nSPS) is 22.2. The number of piperazine rings is 1. The molecule has 2 aliphatic rings. The van der Waals surface area contributed by atoms with Crippen molar-refractivity contribution < 1.29 is 13.9 Å². The lowest BCUT2D eigenvalue weighted by Crippen LogP contribution is -2.49. The van der Waals surface area contributed by atoms with Gasteiger partial charge in [0, 0.05) is 43.9 Å². The fourth-order valence-electron chi connectivity index (χ4n) is 3.81. The van der Waals surface area contributed by atoms with E-state index in [0.29, 0.717) is 18.7 Å². The van der Waals surface area contributed by atoms with E-state index in [4.69, 9.17) is 4.74 Å². The van der Waals surface area contributed by atoms with Crippen LogP contribution in [-0.4, -0.2) is 44.1 Å². The SMILES string of the molecule is COc1cccc(N2CCN(C(=O)C3CC3c3ccccc3F)CC2)c1. The third-order valence-corrected chi connectivity index (χ3v) is 5.42. The Kier molecular flexibility index (Phi) is 4.53. The van der Waals surface area contributed by atoms with Crippen molar-refractivity contribution in [3.8, 4) is 5.75 Å². The molecule has 4 rings (SSSR count). The van der Waals surface area contributed by atoms with Crippen LogP contribution in [0.5, 0.6) is 5.75 Å². The highest BCUT2D eigenvalue weighted by molar-refractivity contribution is 5.83. The van der Waals surface area contributed by atoms with E-state index in [1.165, 1.54) is 6.07 Å². The minimum Gasteiger partial charge on any atom is -0.497 e. The van der Waals surface area contributed by atoms with Crippen molar-refractivity contribution in [2.24, 2.45) is 5.92 Å². The van der Waals surface area contributed by atoms with E-state index in [1.807, 2.05) is 29.2 Å². The molecule has 0 aromatic heterocycles. The molecule has 2 unspecified atom stereocenters. The van der Waals surface area contributed by atoms with E-state index in [0.717, 1.165) is 30.9 Å². The van der Waals surface area contributed by atoms with E-state index >= 15 is 0 Å². The van der Waals surface area contributed by atoms with Crippen LogP contribution in [0.15, 0.2) is 48.5 Å². The number of halogens is 1. The summed E-state index contributed by atoms with van der Waals surface area (Å²) in [6.07, 6.45) is 0.760. The lowest BCUT2D eigenvalue weighted by Gasteiger charge is -2.36. The average Bonchev–Trinajstić information content (AvgIpc) is 3.48. The number of ether oxygens (including phenoxy) is 1. The zero-order valence-corrected chi connectivity index (χ0v) is 14.9. The Morgan fingerprint density at radius 3 is 2.58 bits per heavy atom. The molecule has 0 bridgehead atoms. The fraction of sp³-hybridized carbons (Fsp3) is 0.381. The molecule has 0 spiro atoms. The van der Waals surface area contributed by atoms with Crippen molar-refractivity contribution in [2.75, 3.05) is 38.2 Å². The van der Waals surface area contributed by atoms with Crippen LogP contribution >= 0.6 is 0 Å². The number of hydrogen-bond donors (Lipinski definition) is 0. The van der Waals surface area contributed by atoms with Gasteiger partial charge in [0.15, 0.2) is 0 Å². The molecule has 2 aromatic carbocycles. The first-order valence-corrected chi connectivity index (χ1v) is 9.09.